The third kappa shape index (κ3) is 2.65. The van der Waals surface area contributed by atoms with E-state index >= 15 is 0 Å². The molecule has 20 heavy (non-hydrogen) atoms. The van der Waals surface area contributed by atoms with Crippen molar-refractivity contribution in [2.75, 3.05) is 0 Å². The smallest absolute Gasteiger partial charge is 0.237 e. The third-order valence-corrected chi connectivity index (χ3v) is 4.69. The number of aromatic nitrogens is 2. The molecular weight excluding hydrogens is 344 g/mol. The van der Waals surface area contributed by atoms with E-state index in [1.807, 2.05) is 12.1 Å². The molecule has 1 saturated carbocycles. The zero-order chi connectivity index (χ0) is 14.1. The van der Waals surface area contributed by atoms with Crippen molar-refractivity contribution < 1.29 is 9.32 Å². The van der Waals surface area contributed by atoms with Gasteiger partial charge in [0.15, 0.2) is 0 Å². The van der Waals surface area contributed by atoms with Crippen molar-refractivity contribution in [2.45, 2.75) is 31.6 Å². The quantitative estimate of drug-likeness (QED) is 0.802. The normalized spacial score (nSPS) is 19.3. The maximum absolute atomic E-state index is 11.9. The summed E-state index contributed by atoms with van der Waals surface area (Å²) in [4.78, 5) is 16.2. The second kappa shape index (κ2) is 5.66. The minimum atomic E-state index is -0.235. The van der Waals surface area contributed by atoms with Gasteiger partial charge in [-0.15, -0.1) is 0 Å². The van der Waals surface area contributed by atoms with Gasteiger partial charge in [-0.3, -0.25) is 4.79 Å². The molecule has 3 rings (SSSR count). The fourth-order valence-electron chi connectivity index (χ4n) is 2.37. The highest BCUT2D eigenvalue weighted by molar-refractivity contribution is 9.10. The van der Waals surface area contributed by atoms with Crippen LogP contribution >= 0.6 is 27.5 Å². The lowest BCUT2D eigenvalue weighted by Gasteiger charge is -2.16. The van der Waals surface area contributed by atoms with E-state index in [9.17, 15) is 4.79 Å². The molecule has 0 bridgehead atoms. The van der Waals surface area contributed by atoms with Gasteiger partial charge in [0.1, 0.15) is 5.78 Å². The molecule has 1 aromatic carbocycles. The Morgan fingerprint density at radius 2 is 2.20 bits per heavy atom. The molecular formula is C14H12BrClN2O2. The molecule has 0 amide bonds. The fourth-order valence-corrected chi connectivity index (χ4v) is 2.87. The number of halogens is 2. The summed E-state index contributed by atoms with van der Waals surface area (Å²) in [5.41, 5.74) is 0.805. The Balaban J connectivity index is 1.89. The standard InChI is InChI=1S/C14H12BrClN2O2/c15-10-7-8(5-6-11(10)16)13-17-14(20-18-13)9-3-1-2-4-12(9)19/h5-7,9H,1-4H2. The van der Waals surface area contributed by atoms with Crippen LogP contribution in [0.4, 0.5) is 0 Å². The van der Waals surface area contributed by atoms with E-state index in [1.165, 1.54) is 0 Å². The molecule has 1 unspecified atom stereocenters. The summed E-state index contributed by atoms with van der Waals surface area (Å²) in [7, 11) is 0. The number of benzene rings is 1. The van der Waals surface area contributed by atoms with Crippen molar-refractivity contribution in [3.05, 3.63) is 33.6 Å². The molecule has 1 aliphatic carbocycles. The predicted octanol–water partition coefficient (Wildman–Crippen LogP) is 4.38. The van der Waals surface area contributed by atoms with E-state index in [0.29, 0.717) is 23.2 Å². The summed E-state index contributed by atoms with van der Waals surface area (Å²) in [5, 5.41) is 4.59. The number of hydrogen-bond donors (Lipinski definition) is 0. The highest BCUT2D eigenvalue weighted by Crippen LogP contribution is 2.31. The van der Waals surface area contributed by atoms with Gasteiger partial charge in [-0.25, -0.2) is 0 Å². The largest absolute Gasteiger partial charge is 0.338 e. The maximum atomic E-state index is 11.9. The molecule has 1 fully saturated rings. The zero-order valence-electron chi connectivity index (χ0n) is 10.6. The van der Waals surface area contributed by atoms with Crippen LogP contribution in [0.1, 0.15) is 37.5 Å². The Kier molecular flexibility index (Phi) is 3.89. The first-order valence-electron chi connectivity index (χ1n) is 6.47. The van der Waals surface area contributed by atoms with Crippen molar-refractivity contribution in [3.8, 4) is 11.4 Å². The molecule has 0 aliphatic heterocycles. The summed E-state index contributed by atoms with van der Waals surface area (Å²) < 4.78 is 6.04. The minimum Gasteiger partial charge on any atom is -0.338 e. The topological polar surface area (TPSA) is 56.0 Å². The molecule has 4 nitrogen and oxygen atoms in total. The molecule has 0 saturated heterocycles. The summed E-state index contributed by atoms with van der Waals surface area (Å²) in [6, 6.07) is 5.42. The van der Waals surface area contributed by atoms with Crippen molar-refractivity contribution in [3.63, 3.8) is 0 Å². The molecule has 1 heterocycles. The van der Waals surface area contributed by atoms with E-state index < -0.39 is 0 Å². The van der Waals surface area contributed by atoms with Crippen LogP contribution in [-0.2, 0) is 4.79 Å². The van der Waals surface area contributed by atoms with Gasteiger partial charge in [-0.1, -0.05) is 23.2 Å². The molecule has 0 spiro atoms. The van der Waals surface area contributed by atoms with E-state index in [1.54, 1.807) is 6.07 Å². The number of rotatable bonds is 2. The first kappa shape index (κ1) is 13.8. The lowest BCUT2D eigenvalue weighted by atomic mass is 9.88. The van der Waals surface area contributed by atoms with Crippen LogP contribution in [0.3, 0.4) is 0 Å². The van der Waals surface area contributed by atoms with Crippen LogP contribution < -0.4 is 0 Å². The van der Waals surface area contributed by atoms with Crippen LogP contribution in [0.5, 0.6) is 0 Å². The van der Waals surface area contributed by atoms with Crippen LogP contribution in [0.25, 0.3) is 11.4 Å². The van der Waals surface area contributed by atoms with Gasteiger partial charge < -0.3 is 4.52 Å². The van der Waals surface area contributed by atoms with Gasteiger partial charge in [-0.2, -0.15) is 4.98 Å². The number of hydrogen-bond acceptors (Lipinski definition) is 4. The second-order valence-electron chi connectivity index (χ2n) is 4.85. The van der Waals surface area contributed by atoms with Crippen LogP contribution in [-0.4, -0.2) is 15.9 Å². The molecule has 104 valence electrons. The first-order chi connectivity index (χ1) is 9.65. The monoisotopic (exact) mass is 354 g/mol. The van der Waals surface area contributed by atoms with Gasteiger partial charge in [0.05, 0.1) is 10.9 Å². The predicted molar refractivity (Wildman–Crippen MR) is 78.7 cm³/mol. The number of nitrogens with zero attached hydrogens (tertiary/aromatic N) is 2. The number of carbonyl (C=O) groups is 1. The minimum absolute atomic E-state index is 0.198. The lowest BCUT2D eigenvalue weighted by Crippen LogP contribution is -2.17. The summed E-state index contributed by atoms with van der Waals surface area (Å²) in [6.07, 6.45) is 3.39. The number of ketones is 1. The molecule has 1 atom stereocenters. The van der Waals surface area contributed by atoms with E-state index in [-0.39, 0.29) is 11.7 Å². The molecule has 6 heteroatoms. The summed E-state index contributed by atoms with van der Waals surface area (Å²) >= 11 is 9.32. The van der Waals surface area contributed by atoms with Crippen LogP contribution in [0.2, 0.25) is 5.02 Å². The van der Waals surface area contributed by atoms with Gasteiger partial charge in [-0.05, 0) is 47.0 Å². The molecule has 2 aromatic rings. The van der Waals surface area contributed by atoms with Crippen molar-refractivity contribution in [2.24, 2.45) is 0 Å². The van der Waals surface area contributed by atoms with E-state index in [0.717, 1.165) is 29.3 Å². The lowest BCUT2D eigenvalue weighted by molar-refractivity contribution is -0.122. The highest BCUT2D eigenvalue weighted by atomic mass is 79.9. The van der Waals surface area contributed by atoms with Gasteiger partial charge in [0.25, 0.3) is 0 Å². The van der Waals surface area contributed by atoms with Crippen LogP contribution in [0.15, 0.2) is 27.2 Å². The Bertz CT molecular complexity index is 656. The van der Waals surface area contributed by atoms with E-state index in [2.05, 4.69) is 26.1 Å². The Labute approximate surface area is 129 Å². The Morgan fingerprint density at radius 3 is 2.95 bits per heavy atom. The summed E-state index contributed by atoms with van der Waals surface area (Å²) in [6.45, 7) is 0. The van der Waals surface area contributed by atoms with Gasteiger partial charge in [0.2, 0.25) is 11.7 Å². The Morgan fingerprint density at radius 1 is 1.35 bits per heavy atom. The summed E-state index contributed by atoms with van der Waals surface area (Å²) in [5.74, 6) is 0.871. The third-order valence-electron chi connectivity index (χ3n) is 3.47. The van der Waals surface area contributed by atoms with Gasteiger partial charge >= 0.3 is 0 Å². The fraction of sp³-hybridized carbons (Fsp3) is 0.357. The van der Waals surface area contributed by atoms with Crippen molar-refractivity contribution in [1.29, 1.82) is 0 Å². The molecule has 0 radical (unpaired) electrons. The SMILES string of the molecule is O=C1CCCCC1c1nc(-c2ccc(Cl)c(Br)c2)no1. The number of carbonyl (C=O) groups excluding carboxylic acids is 1. The highest BCUT2D eigenvalue weighted by Gasteiger charge is 2.29. The average Bonchev–Trinajstić information content (AvgIpc) is 2.92. The second-order valence-corrected chi connectivity index (χ2v) is 6.11. The maximum Gasteiger partial charge on any atom is 0.237 e. The molecule has 1 aliphatic rings. The van der Waals surface area contributed by atoms with E-state index in [4.69, 9.17) is 16.1 Å². The zero-order valence-corrected chi connectivity index (χ0v) is 12.9. The van der Waals surface area contributed by atoms with Crippen molar-refractivity contribution >= 4 is 33.3 Å². The van der Waals surface area contributed by atoms with Crippen molar-refractivity contribution in [1.82, 2.24) is 10.1 Å². The average molecular weight is 356 g/mol. The number of Topliss-reactive ketones (excluding diaryl/α,β-unsaturated/α-hetero) is 1. The first-order valence-corrected chi connectivity index (χ1v) is 7.64. The van der Waals surface area contributed by atoms with Crippen LogP contribution in [0, 0.1) is 0 Å². The molecule has 0 N–H and O–H groups in total. The Hall–Kier alpha value is -1.20. The van der Waals surface area contributed by atoms with Gasteiger partial charge in [0, 0.05) is 16.5 Å². The molecule has 1 aromatic heterocycles.